The highest BCUT2D eigenvalue weighted by Gasteiger charge is 2.27. The van der Waals surface area contributed by atoms with Gasteiger partial charge in [-0.25, -0.2) is 4.79 Å². The molecular formula is C19H14BrClN4O3. The fourth-order valence-corrected chi connectivity index (χ4v) is 3.75. The smallest absolute Gasteiger partial charge is 0.360 e. The number of nitrogen functional groups attached to an aromatic ring is 1. The third-order valence-electron chi connectivity index (χ3n) is 4.21. The molecule has 2 aromatic carbocycles. The van der Waals surface area contributed by atoms with E-state index < -0.39 is 5.97 Å². The topological polar surface area (TPSA) is 91.7 Å². The van der Waals surface area contributed by atoms with Gasteiger partial charge in [-0.1, -0.05) is 57.9 Å². The predicted octanol–water partition coefficient (Wildman–Crippen LogP) is 4.25. The fourth-order valence-electron chi connectivity index (χ4n) is 3.00. The van der Waals surface area contributed by atoms with Crippen LogP contribution in [0.25, 0.3) is 16.4 Å². The number of nitrogens with two attached hydrogens (primary N) is 1. The molecule has 142 valence electrons. The lowest BCUT2D eigenvalue weighted by Crippen LogP contribution is -2.13. The molecule has 0 saturated carbocycles. The third kappa shape index (κ3) is 3.04. The largest absolute Gasteiger partial charge is 0.486 e. The Labute approximate surface area is 173 Å². The number of aromatic nitrogens is 3. The molecule has 0 atom stereocenters. The number of fused-ring (bicyclic) bond motifs is 3. The first-order valence-corrected chi connectivity index (χ1v) is 9.39. The van der Waals surface area contributed by atoms with E-state index in [0.29, 0.717) is 25.9 Å². The summed E-state index contributed by atoms with van der Waals surface area (Å²) in [4.78, 5) is 16.9. The first-order valence-electron chi connectivity index (χ1n) is 8.22. The molecule has 0 unspecified atom stereocenters. The Morgan fingerprint density at radius 3 is 2.68 bits per heavy atom. The average Bonchev–Trinajstić information content (AvgIpc) is 3.09. The molecule has 9 heteroatoms. The van der Waals surface area contributed by atoms with Crippen LogP contribution in [-0.4, -0.2) is 27.7 Å². The first kappa shape index (κ1) is 18.5. The van der Waals surface area contributed by atoms with Crippen LogP contribution in [0.4, 0.5) is 5.95 Å². The number of nitrogens with zero attached hydrogens (tertiary/aromatic N) is 3. The summed E-state index contributed by atoms with van der Waals surface area (Å²) in [7, 11) is 1.28. The normalized spacial score (nSPS) is 11.1. The quantitative estimate of drug-likeness (QED) is 0.457. The van der Waals surface area contributed by atoms with Crippen molar-refractivity contribution in [2.24, 2.45) is 0 Å². The van der Waals surface area contributed by atoms with Gasteiger partial charge in [0.1, 0.15) is 6.61 Å². The number of esters is 1. The average molecular weight is 462 g/mol. The van der Waals surface area contributed by atoms with Crippen LogP contribution in [0, 0.1) is 0 Å². The zero-order valence-corrected chi connectivity index (χ0v) is 17.0. The molecule has 28 heavy (non-hydrogen) atoms. The van der Waals surface area contributed by atoms with Gasteiger partial charge in [-0.2, -0.15) is 9.50 Å². The molecule has 2 aromatic heterocycles. The molecule has 0 spiro atoms. The van der Waals surface area contributed by atoms with Crippen molar-refractivity contribution in [2.45, 2.75) is 6.61 Å². The summed E-state index contributed by atoms with van der Waals surface area (Å²) < 4.78 is 13.1. The van der Waals surface area contributed by atoms with Gasteiger partial charge in [0.2, 0.25) is 5.95 Å². The van der Waals surface area contributed by atoms with Gasteiger partial charge in [-0.15, -0.1) is 5.10 Å². The lowest BCUT2D eigenvalue weighted by Gasteiger charge is -2.16. The van der Waals surface area contributed by atoms with Crippen LogP contribution in [0.1, 0.15) is 16.1 Å². The second-order valence-corrected chi connectivity index (χ2v) is 7.19. The Morgan fingerprint density at radius 1 is 1.21 bits per heavy atom. The monoisotopic (exact) mass is 460 g/mol. The summed E-state index contributed by atoms with van der Waals surface area (Å²) in [6.07, 6.45) is 0. The highest BCUT2D eigenvalue weighted by atomic mass is 79.9. The van der Waals surface area contributed by atoms with Gasteiger partial charge < -0.3 is 15.2 Å². The molecule has 0 radical (unpaired) electrons. The number of carbonyl (C=O) groups excluding carboxylic acids is 1. The molecule has 0 aliphatic carbocycles. The molecule has 7 nitrogen and oxygen atoms in total. The summed E-state index contributed by atoms with van der Waals surface area (Å²) in [6, 6.07) is 13.1. The number of methoxy groups -OCH3 is 1. The minimum absolute atomic E-state index is 0.0125. The van der Waals surface area contributed by atoms with Crippen LogP contribution >= 0.6 is 27.5 Å². The number of anilines is 1. The van der Waals surface area contributed by atoms with Crippen molar-refractivity contribution in [2.75, 3.05) is 12.8 Å². The molecule has 0 fully saturated rings. The van der Waals surface area contributed by atoms with Crippen molar-refractivity contribution in [3.8, 4) is 5.75 Å². The highest BCUT2D eigenvalue weighted by molar-refractivity contribution is 9.10. The molecule has 2 heterocycles. The molecular weight excluding hydrogens is 448 g/mol. The maximum absolute atomic E-state index is 12.6. The van der Waals surface area contributed by atoms with Crippen molar-refractivity contribution in [1.29, 1.82) is 0 Å². The van der Waals surface area contributed by atoms with Crippen molar-refractivity contribution in [1.82, 2.24) is 14.6 Å². The third-order valence-corrected chi connectivity index (χ3v) is 5.19. The fraction of sp³-hybridized carbons (Fsp3) is 0.105. The zero-order valence-electron chi connectivity index (χ0n) is 14.6. The number of carbonyl (C=O) groups is 1. The maximum Gasteiger partial charge on any atom is 0.360 e. The van der Waals surface area contributed by atoms with Gasteiger partial charge in [0.25, 0.3) is 0 Å². The van der Waals surface area contributed by atoms with E-state index in [0.717, 1.165) is 5.56 Å². The number of pyridine rings is 1. The summed E-state index contributed by atoms with van der Waals surface area (Å²) in [5.41, 5.74) is 7.17. The van der Waals surface area contributed by atoms with Crippen molar-refractivity contribution < 1.29 is 14.3 Å². The summed E-state index contributed by atoms with van der Waals surface area (Å²) in [5.74, 6) is -0.385. The molecule has 0 amide bonds. The van der Waals surface area contributed by atoms with E-state index in [2.05, 4.69) is 26.0 Å². The summed E-state index contributed by atoms with van der Waals surface area (Å²) in [6.45, 7) is 0.221. The number of benzene rings is 2. The SMILES string of the molecule is COC(=O)c1c(OCc2ccccc2)c2c(Cl)ccc(Br)c2c2nc(N)nn12. The van der Waals surface area contributed by atoms with Crippen molar-refractivity contribution >= 4 is 55.9 Å². The van der Waals surface area contributed by atoms with Crippen LogP contribution in [0.2, 0.25) is 5.02 Å². The van der Waals surface area contributed by atoms with Gasteiger partial charge in [0.15, 0.2) is 17.1 Å². The molecule has 4 rings (SSSR count). The molecule has 4 aromatic rings. The Bertz CT molecular complexity index is 1210. The summed E-state index contributed by atoms with van der Waals surface area (Å²) in [5, 5.41) is 5.71. The lowest BCUT2D eigenvalue weighted by molar-refractivity contribution is 0.0585. The first-order chi connectivity index (χ1) is 13.5. The Hall–Kier alpha value is -2.84. The van der Waals surface area contributed by atoms with Crippen molar-refractivity contribution in [3.63, 3.8) is 0 Å². The van der Waals surface area contributed by atoms with Gasteiger partial charge in [0.05, 0.1) is 12.1 Å². The van der Waals surface area contributed by atoms with E-state index in [-0.39, 0.29) is 24.0 Å². The van der Waals surface area contributed by atoms with E-state index in [1.54, 1.807) is 12.1 Å². The molecule has 0 aliphatic heterocycles. The van der Waals surface area contributed by atoms with E-state index >= 15 is 0 Å². The second kappa shape index (κ2) is 7.29. The van der Waals surface area contributed by atoms with Crippen LogP contribution in [0.3, 0.4) is 0 Å². The molecule has 0 bridgehead atoms. The van der Waals surface area contributed by atoms with E-state index in [1.165, 1.54) is 11.6 Å². The number of hydrogen-bond acceptors (Lipinski definition) is 6. The Kier molecular flexibility index (Phi) is 4.82. The van der Waals surface area contributed by atoms with Crippen LogP contribution in [0.15, 0.2) is 46.9 Å². The van der Waals surface area contributed by atoms with Crippen molar-refractivity contribution in [3.05, 3.63) is 63.2 Å². The number of ether oxygens (including phenoxy) is 2. The standard InChI is InChI=1S/C19H14BrClN4O3/c1-27-18(26)15-16(28-9-10-5-3-2-4-6-10)14-12(21)8-7-11(20)13(14)17-23-19(22)24-25(15)17/h2-8H,9H2,1H3,(H2,22,24). The number of hydrogen-bond donors (Lipinski definition) is 1. The minimum Gasteiger partial charge on any atom is -0.486 e. The van der Waals surface area contributed by atoms with Crippen LogP contribution < -0.4 is 10.5 Å². The maximum atomic E-state index is 12.6. The number of rotatable bonds is 4. The van der Waals surface area contributed by atoms with E-state index in [9.17, 15) is 4.79 Å². The van der Waals surface area contributed by atoms with Gasteiger partial charge in [-0.05, 0) is 17.7 Å². The van der Waals surface area contributed by atoms with E-state index in [4.69, 9.17) is 26.8 Å². The van der Waals surface area contributed by atoms with Crippen LogP contribution in [-0.2, 0) is 11.3 Å². The second-order valence-electron chi connectivity index (χ2n) is 5.93. The molecule has 2 N–H and O–H groups in total. The van der Waals surface area contributed by atoms with Crippen LogP contribution in [0.5, 0.6) is 5.75 Å². The molecule has 0 aliphatic rings. The van der Waals surface area contributed by atoms with Gasteiger partial charge in [0, 0.05) is 15.2 Å². The summed E-state index contributed by atoms with van der Waals surface area (Å²) >= 11 is 10.0. The Balaban J connectivity index is 2.06. The van der Waals surface area contributed by atoms with Gasteiger partial charge in [-0.3, -0.25) is 0 Å². The predicted molar refractivity (Wildman–Crippen MR) is 110 cm³/mol. The Morgan fingerprint density at radius 2 is 1.96 bits per heavy atom. The molecule has 0 saturated heterocycles. The highest BCUT2D eigenvalue weighted by Crippen LogP contribution is 2.41. The number of halogens is 2. The lowest BCUT2D eigenvalue weighted by atomic mass is 10.1. The van der Waals surface area contributed by atoms with E-state index in [1.807, 2.05) is 30.3 Å². The minimum atomic E-state index is -0.643. The zero-order chi connectivity index (χ0) is 19.8. The van der Waals surface area contributed by atoms with Gasteiger partial charge >= 0.3 is 5.97 Å².